The summed E-state index contributed by atoms with van der Waals surface area (Å²) in [7, 11) is 0. The Bertz CT molecular complexity index is 251. The molecule has 2 fully saturated rings. The molecule has 2 rings (SSSR count). The summed E-state index contributed by atoms with van der Waals surface area (Å²) in [5.41, 5.74) is 5.20. The zero-order valence-corrected chi connectivity index (χ0v) is 8.99. The minimum Gasteiger partial charge on any atom is -0.368 e. The number of amides is 1. The van der Waals surface area contributed by atoms with E-state index in [9.17, 15) is 4.79 Å². The molecule has 1 heterocycles. The van der Waals surface area contributed by atoms with E-state index in [2.05, 4.69) is 5.32 Å². The van der Waals surface area contributed by atoms with Gasteiger partial charge < -0.3 is 20.5 Å². The summed E-state index contributed by atoms with van der Waals surface area (Å²) in [5.74, 6) is -0.695. The van der Waals surface area contributed by atoms with E-state index >= 15 is 0 Å². The first-order valence-electron chi connectivity index (χ1n) is 5.45. The molecule has 1 amide bonds. The molecule has 1 aliphatic carbocycles. The van der Waals surface area contributed by atoms with E-state index in [4.69, 9.17) is 15.2 Å². The average Bonchev–Trinajstić information content (AvgIpc) is 2.78. The molecule has 2 aliphatic rings. The first-order chi connectivity index (χ1) is 7.11. The molecular formula is C10H18N2O3. The number of nitrogens with one attached hydrogen (secondary N) is 1. The van der Waals surface area contributed by atoms with E-state index in [1.165, 1.54) is 0 Å². The zero-order chi connectivity index (χ0) is 10.9. The number of hydrogen-bond acceptors (Lipinski definition) is 4. The van der Waals surface area contributed by atoms with Gasteiger partial charge in [0.05, 0.1) is 19.3 Å². The predicted molar refractivity (Wildman–Crippen MR) is 54.1 cm³/mol. The molecule has 5 nitrogen and oxygen atoms in total. The van der Waals surface area contributed by atoms with E-state index in [1.807, 2.05) is 0 Å². The standard InChI is InChI=1S/C10H18N2O3/c1-7(9(11)13)12-8-2-3-10(6-8)14-4-5-15-10/h7-8,12H,2-6H2,1H3,(H2,11,13). The van der Waals surface area contributed by atoms with E-state index in [1.54, 1.807) is 6.92 Å². The number of nitrogens with two attached hydrogens (primary N) is 1. The highest BCUT2D eigenvalue weighted by molar-refractivity contribution is 5.79. The summed E-state index contributed by atoms with van der Waals surface area (Å²) in [5, 5.41) is 3.19. The molecule has 15 heavy (non-hydrogen) atoms. The Morgan fingerprint density at radius 3 is 2.80 bits per heavy atom. The second kappa shape index (κ2) is 4.08. The molecule has 0 aromatic carbocycles. The van der Waals surface area contributed by atoms with Crippen LogP contribution in [-0.4, -0.2) is 37.0 Å². The van der Waals surface area contributed by atoms with Gasteiger partial charge in [-0.2, -0.15) is 0 Å². The van der Waals surface area contributed by atoms with Crippen LogP contribution in [0, 0.1) is 0 Å². The lowest BCUT2D eigenvalue weighted by molar-refractivity contribution is -0.151. The number of hydrogen-bond donors (Lipinski definition) is 2. The molecule has 1 saturated heterocycles. The van der Waals surface area contributed by atoms with Gasteiger partial charge in [0.15, 0.2) is 5.79 Å². The highest BCUT2D eigenvalue weighted by Gasteiger charge is 2.44. The number of carbonyl (C=O) groups is 1. The van der Waals surface area contributed by atoms with Crippen molar-refractivity contribution < 1.29 is 14.3 Å². The van der Waals surface area contributed by atoms with Crippen LogP contribution in [0.25, 0.3) is 0 Å². The highest BCUT2D eigenvalue weighted by atomic mass is 16.7. The Kier molecular flexibility index (Phi) is 2.95. The molecule has 1 aliphatic heterocycles. The molecule has 2 atom stereocenters. The van der Waals surface area contributed by atoms with Crippen molar-refractivity contribution in [2.75, 3.05) is 13.2 Å². The van der Waals surface area contributed by atoms with Crippen molar-refractivity contribution in [3.63, 3.8) is 0 Å². The lowest BCUT2D eigenvalue weighted by Crippen LogP contribution is -2.44. The van der Waals surface area contributed by atoms with Crippen molar-refractivity contribution in [1.82, 2.24) is 5.32 Å². The lowest BCUT2D eigenvalue weighted by Gasteiger charge is -2.22. The fourth-order valence-electron chi connectivity index (χ4n) is 2.31. The number of primary amides is 1. The highest BCUT2D eigenvalue weighted by Crippen LogP contribution is 2.37. The maximum atomic E-state index is 10.9. The number of ether oxygens (including phenoxy) is 2. The average molecular weight is 214 g/mol. The minimum atomic E-state index is -0.380. The van der Waals surface area contributed by atoms with Crippen LogP contribution in [0.4, 0.5) is 0 Å². The Morgan fingerprint density at radius 1 is 1.53 bits per heavy atom. The third-order valence-corrected chi connectivity index (χ3v) is 3.16. The van der Waals surface area contributed by atoms with Crippen LogP contribution < -0.4 is 11.1 Å². The van der Waals surface area contributed by atoms with Crippen molar-refractivity contribution in [1.29, 1.82) is 0 Å². The second-order valence-corrected chi connectivity index (χ2v) is 4.34. The molecule has 0 bridgehead atoms. The fourth-order valence-corrected chi connectivity index (χ4v) is 2.31. The topological polar surface area (TPSA) is 73.6 Å². The zero-order valence-electron chi connectivity index (χ0n) is 8.99. The van der Waals surface area contributed by atoms with Crippen molar-refractivity contribution >= 4 is 5.91 Å². The van der Waals surface area contributed by atoms with Gasteiger partial charge in [0, 0.05) is 18.9 Å². The van der Waals surface area contributed by atoms with Crippen LogP contribution in [-0.2, 0) is 14.3 Å². The van der Waals surface area contributed by atoms with Gasteiger partial charge in [0.2, 0.25) is 5.91 Å². The van der Waals surface area contributed by atoms with Crippen LogP contribution in [0.15, 0.2) is 0 Å². The van der Waals surface area contributed by atoms with Gasteiger partial charge in [-0.15, -0.1) is 0 Å². The number of carbonyl (C=O) groups excluding carboxylic acids is 1. The monoisotopic (exact) mass is 214 g/mol. The molecule has 1 saturated carbocycles. The molecule has 5 heteroatoms. The Labute approximate surface area is 89.3 Å². The largest absolute Gasteiger partial charge is 0.368 e. The molecule has 0 aromatic rings. The van der Waals surface area contributed by atoms with E-state index < -0.39 is 0 Å². The van der Waals surface area contributed by atoms with E-state index in [-0.39, 0.29) is 23.8 Å². The van der Waals surface area contributed by atoms with Gasteiger partial charge in [-0.25, -0.2) is 0 Å². The van der Waals surface area contributed by atoms with Crippen molar-refractivity contribution in [2.45, 2.75) is 44.1 Å². The van der Waals surface area contributed by atoms with Gasteiger partial charge >= 0.3 is 0 Å². The van der Waals surface area contributed by atoms with Crippen LogP contribution in [0.5, 0.6) is 0 Å². The van der Waals surface area contributed by atoms with Gasteiger partial charge in [0.25, 0.3) is 0 Å². The third-order valence-electron chi connectivity index (χ3n) is 3.16. The Balaban J connectivity index is 1.84. The van der Waals surface area contributed by atoms with Gasteiger partial charge in [-0.1, -0.05) is 0 Å². The quantitative estimate of drug-likeness (QED) is 0.679. The van der Waals surface area contributed by atoms with Crippen LogP contribution >= 0.6 is 0 Å². The van der Waals surface area contributed by atoms with Crippen LogP contribution in [0.3, 0.4) is 0 Å². The summed E-state index contributed by atoms with van der Waals surface area (Å²) in [6, 6.07) is -0.0165. The van der Waals surface area contributed by atoms with Crippen molar-refractivity contribution in [2.24, 2.45) is 5.73 Å². The van der Waals surface area contributed by atoms with Gasteiger partial charge in [-0.05, 0) is 13.3 Å². The van der Waals surface area contributed by atoms with Crippen molar-refractivity contribution in [3.8, 4) is 0 Å². The molecule has 0 radical (unpaired) electrons. The van der Waals surface area contributed by atoms with Gasteiger partial charge in [-0.3, -0.25) is 4.79 Å². The molecule has 0 aromatic heterocycles. The molecule has 3 N–H and O–H groups in total. The summed E-state index contributed by atoms with van der Waals surface area (Å²) < 4.78 is 11.2. The van der Waals surface area contributed by atoms with Crippen LogP contribution in [0.2, 0.25) is 0 Å². The summed E-state index contributed by atoms with van der Waals surface area (Å²) in [6.07, 6.45) is 2.68. The Morgan fingerprint density at radius 2 is 2.20 bits per heavy atom. The first-order valence-corrected chi connectivity index (χ1v) is 5.45. The molecule has 86 valence electrons. The second-order valence-electron chi connectivity index (χ2n) is 4.34. The van der Waals surface area contributed by atoms with E-state index in [0.717, 1.165) is 19.3 Å². The number of rotatable bonds is 3. The lowest BCUT2D eigenvalue weighted by atomic mass is 10.2. The van der Waals surface area contributed by atoms with Crippen LogP contribution in [0.1, 0.15) is 26.2 Å². The summed E-state index contributed by atoms with van der Waals surface area (Å²) in [6.45, 7) is 3.14. The maximum Gasteiger partial charge on any atom is 0.234 e. The normalized spacial score (nSPS) is 30.9. The van der Waals surface area contributed by atoms with Crippen molar-refractivity contribution in [3.05, 3.63) is 0 Å². The smallest absolute Gasteiger partial charge is 0.234 e. The fraction of sp³-hybridized carbons (Fsp3) is 0.900. The molecular weight excluding hydrogens is 196 g/mol. The maximum absolute atomic E-state index is 10.9. The predicted octanol–water partition coefficient (Wildman–Crippen LogP) is -0.255. The summed E-state index contributed by atoms with van der Waals surface area (Å²) >= 11 is 0. The first kappa shape index (κ1) is 10.9. The summed E-state index contributed by atoms with van der Waals surface area (Å²) in [4.78, 5) is 10.9. The van der Waals surface area contributed by atoms with E-state index in [0.29, 0.717) is 13.2 Å². The molecule has 2 unspecified atom stereocenters. The molecule has 1 spiro atoms. The van der Waals surface area contributed by atoms with Gasteiger partial charge in [0.1, 0.15) is 0 Å². The third kappa shape index (κ3) is 2.30. The minimum absolute atomic E-state index is 0.269. The Hall–Kier alpha value is -0.650. The SMILES string of the molecule is CC(NC1CCC2(C1)OCCO2)C(N)=O.